The van der Waals surface area contributed by atoms with Crippen LogP contribution in [0.15, 0.2) is 55.0 Å². The first-order valence-corrected chi connectivity index (χ1v) is 10.5. The van der Waals surface area contributed by atoms with E-state index in [0.717, 1.165) is 17.4 Å². The molecular formula is C24H24F3N3O3. The first-order chi connectivity index (χ1) is 15.8. The Morgan fingerprint density at radius 1 is 1.18 bits per heavy atom. The zero-order valence-corrected chi connectivity index (χ0v) is 18.3. The molecule has 9 heteroatoms. The van der Waals surface area contributed by atoms with E-state index in [-0.39, 0.29) is 24.2 Å². The predicted octanol–water partition coefficient (Wildman–Crippen LogP) is 4.75. The van der Waals surface area contributed by atoms with E-state index < -0.39 is 11.7 Å². The second-order valence-corrected chi connectivity index (χ2v) is 8.02. The van der Waals surface area contributed by atoms with Crippen molar-refractivity contribution in [2.75, 3.05) is 26.8 Å². The number of carbonyl (C=O) groups is 1. The van der Waals surface area contributed by atoms with Crippen LogP contribution in [0.3, 0.4) is 0 Å². The molecule has 1 unspecified atom stereocenters. The van der Waals surface area contributed by atoms with Gasteiger partial charge in [0.25, 0.3) is 5.91 Å². The van der Waals surface area contributed by atoms with E-state index in [1.807, 2.05) is 17.7 Å². The van der Waals surface area contributed by atoms with Crippen LogP contribution in [-0.4, -0.2) is 47.2 Å². The summed E-state index contributed by atoms with van der Waals surface area (Å²) >= 11 is 0. The molecule has 33 heavy (non-hydrogen) atoms. The molecule has 1 saturated heterocycles. The fraction of sp³-hybridized carbons (Fsp3) is 0.333. The van der Waals surface area contributed by atoms with Gasteiger partial charge in [-0.2, -0.15) is 13.2 Å². The molecule has 0 aliphatic carbocycles. The number of likely N-dealkylation sites (tertiary alicyclic amines) is 1. The lowest BCUT2D eigenvalue weighted by Crippen LogP contribution is -2.29. The second-order valence-electron chi connectivity index (χ2n) is 8.02. The molecule has 2 heterocycles. The van der Waals surface area contributed by atoms with Crippen molar-refractivity contribution in [3.63, 3.8) is 0 Å². The number of hydrogen-bond donors (Lipinski definition) is 0. The van der Waals surface area contributed by atoms with Gasteiger partial charge < -0.3 is 18.9 Å². The van der Waals surface area contributed by atoms with Gasteiger partial charge in [-0.3, -0.25) is 4.79 Å². The molecule has 0 bridgehead atoms. The Morgan fingerprint density at radius 3 is 2.67 bits per heavy atom. The van der Waals surface area contributed by atoms with Gasteiger partial charge in [-0.15, -0.1) is 0 Å². The maximum absolute atomic E-state index is 13.2. The number of methoxy groups -OCH3 is 1. The molecule has 0 saturated carbocycles. The number of imidazole rings is 1. The van der Waals surface area contributed by atoms with E-state index in [2.05, 4.69) is 4.98 Å². The summed E-state index contributed by atoms with van der Waals surface area (Å²) in [6, 6.07) is 10.4. The number of alkyl halides is 3. The Labute approximate surface area is 189 Å². The highest BCUT2D eigenvalue weighted by Gasteiger charge is 2.34. The van der Waals surface area contributed by atoms with E-state index in [4.69, 9.17) is 9.47 Å². The zero-order chi connectivity index (χ0) is 23.6. The fourth-order valence-electron chi connectivity index (χ4n) is 3.95. The summed E-state index contributed by atoms with van der Waals surface area (Å²) in [7, 11) is 1.54. The van der Waals surface area contributed by atoms with Crippen LogP contribution in [0.25, 0.3) is 5.69 Å². The average molecular weight is 459 g/mol. The van der Waals surface area contributed by atoms with Crippen molar-refractivity contribution in [2.24, 2.45) is 5.92 Å². The number of halogens is 3. The molecule has 1 fully saturated rings. The average Bonchev–Trinajstić information content (AvgIpc) is 3.45. The maximum atomic E-state index is 13.2. The van der Waals surface area contributed by atoms with Crippen LogP contribution in [-0.2, 0) is 6.18 Å². The molecule has 6 nitrogen and oxygen atoms in total. The molecule has 1 atom stereocenters. The van der Waals surface area contributed by atoms with Crippen LogP contribution >= 0.6 is 0 Å². The van der Waals surface area contributed by atoms with Crippen molar-refractivity contribution < 1.29 is 27.4 Å². The SMILES string of the molecule is COc1cc(C(=O)N2CCC(COc3ccccc3C(F)(F)F)C2)ccc1-n1cnc(C)c1. The Kier molecular flexibility index (Phi) is 6.31. The minimum Gasteiger partial charge on any atom is -0.495 e. The van der Waals surface area contributed by atoms with Crippen LogP contribution < -0.4 is 9.47 Å². The van der Waals surface area contributed by atoms with E-state index in [1.54, 1.807) is 36.5 Å². The van der Waals surface area contributed by atoms with Crippen LogP contribution in [0.5, 0.6) is 11.5 Å². The van der Waals surface area contributed by atoms with Crippen molar-refractivity contribution >= 4 is 5.91 Å². The van der Waals surface area contributed by atoms with Gasteiger partial charge in [0.1, 0.15) is 11.5 Å². The highest BCUT2D eigenvalue weighted by atomic mass is 19.4. The van der Waals surface area contributed by atoms with Crippen molar-refractivity contribution in [1.29, 1.82) is 0 Å². The Hall–Kier alpha value is -3.49. The number of aryl methyl sites for hydroxylation is 1. The van der Waals surface area contributed by atoms with Crippen molar-refractivity contribution in [3.05, 3.63) is 71.8 Å². The minimum absolute atomic E-state index is 0.0506. The normalized spacial score (nSPS) is 16.2. The molecule has 0 spiro atoms. The van der Waals surface area contributed by atoms with Crippen LogP contribution in [0.4, 0.5) is 13.2 Å². The lowest BCUT2D eigenvalue weighted by Gasteiger charge is -2.19. The van der Waals surface area contributed by atoms with E-state index >= 15 is 0 Å². The highest BCUT2D eigenvalue weighted by Crippen LogP contribution is 2.36. The number of rotatable bonds is 6. The minimum atomic E-state index is -4.48. The lowest BCUT2D eigenvalue weighted by atomic mass is 10.1. The van der Waals surface area contributed by atoms with Gasteiger partial charge >= 0.3 is 6.18 Å². The first kappa shape index (κ1) is 22.7. The molecular weight excluding hydrogens is 435 g/mol. The summed E-state index contributed by atoms with van der Waals surface area (Å²) in [6.45, 7) is 2.92. The summed E-state index contributed by atoms with van der Waals surface area (Å²) in [5.74, 6) is 0.149. The zero-order valence-electron chi connectivity index (χ0n) is 18.3. The monoisotopic (exact) mass is 459 g/mol. The van der Waals surface area contributed by atoms with Gasteiger partial charge in [-0.05, 0) is 43.7 Å². The second kappa shape index (κ2) is 9.17. The van der Waals surface area contributed by atoms with Crippen LogP contribution in [0.2, 0.25) is 0 Å². The van der Waals surface area contributed by atoms with E-state index in [0.29, 0.717) is 30.8 Å². The summed E-state index contributed by atoms with van der Waals surface area (Å²) < 4.78 is 52.3. The van der Waals surface area contributed by atoms with Gasteiger partial charge in [0, 0.05) is 30.8 Å². The largest absolute Gasteiger partial charge is 0.495 e. The molecule has 0 radical (unpaired) electrons. The summed E-state index contributed by atoms with van der Waals surface area (Å²) in [6.07, 6.45) is -0.281. The molecule has 1 aliphatic rings. The Morgan fingerprint density at radius 2 is 1.97 bits per heavy atom. The third kappa shape index (κ3) is 4.97. The van der Waals surface area contributed by atoms with Gasteiger partial charge in [-0.25, -0.2) is 4.98 Å². The molecule has 0 N–H and O–H groups in total. The molecule has 1 aromatic heterocycles. The fourth-order valence-corrected chi connectivity index (χ4v) is 3.95. The lowest BCUT2D eigenvalue weighted by molar-refractivity contribution is -0.139. The van der Waals surface area contributed by atoms with Gasteiger partial charge in [0.2, 0.25) is 0 Å². The number of hydrogen-bond acceptors (Lipinski definition) is 4. The Bertz CT molecular complexity index is 1140. The van der Waals surface area contributed by atoms with Crippen molar-refractivity contribution in [2.45, 2.75) is 19.5 Å². The summed E-state index contributed by atoms with van der Waals surface area (Å²) in [5, 5.41) is 0. The van der Waals surface area contributed by atoms with E-state index in [1.165, 1.54) is 18.2 Å². The number of carbonyl (C=O) groups excluding carboxylic acids is 1. The molecule has 174 valence electrons. The molecule has 3 aromatic rings. The van der Waals surface area contributed by atoms with Crippen LogP contribution in [0, 0.1) is 12.8 Å². The van der Waals surface area contributed by atoms with Crippen LogP contribution in [0.1, 0.15) is 28.0 Å². The quantitative estimate of drug-likeness (QED) is 0.534. The Balaban J connectivity index is 1.41. The van der Waals surface area contributed by atoms with Crippen molar-refractivity contribution in [3.8, 4) is 17.2 Å². The molecule has 1 aliphatic heterocycles. The molecule has 2 aromatic carbocycles. The molecule has 4 rings (SSSR count). The standard InChI is InChI=1S/C24H24F3N3O3/c1-16-12-30(15-28-16)20-8-7-18(11-22(20)32-2)23(31)29-10-9-17(13-29)14-33-21-6-4-3-5-19(21)24(25,26)27/h3-8,11-12,15,17H,9-10,13-14H2,1-2H3. The molecule has 1 amide bonds. The predicted molar refractivity (Wildman–Crippen MR) is 116 cm³/mol. The highest BCUT2D eigenvalue weighted by molar-refractivity contribution is 5.95. The number of benzene rings is 2. The number of aromatic nitrogens is 2. The third-order valence-corrected chi connectivity index (χ3v) is 5.66. The summed E-state index contributed by atoms with van der Waals surface area (Å²) in [4.78, 5) is 18.9. The van der Waals surface area contributed by atoms with Crippen molar-refractivity contribution in [1.82, 2.24) is 14.5 Å². The number of ether oxygens (including phenoxy) is 2. The number of nitrogens with zero attached hydrogens (tertiary/aromatic N) is 3. The smallest absolute Gasteiger partial charge is 0.419 e. The number of amides is 1. The summed E-state index contributed by atoms with van der Waals surface area (Å²) in [5.41, 5.74) is 1.32. The maximum Gasteiger partial charge on any atom is 0.419 e. The third-order valence-electron chi connectivity index (χ3n) is 5.66. The van der Waals surface area contributed by atoms with Gasteiger partial charge in [-0.1, -0.05) is 12.1 Å². The number of para-hydroxylation sites is 1. The van der Waals surface area contributed by atoms with E-state index in [9.17, 15) is 18.0 Å². The topological polar surface area (TPSA) is 56.6 Å². The van der Waals surface area contributed by atoms with Gasteiger partial charge in [0.15, 0.2) is 0 Å². The van der Waals surface area contributed by atoms with Gasteiger partial charge in [0.05, 0.1) is 37.0 Å². The first-order valence-electron chi connectivity index (χ1n) is 10.5.